The van der Waals surface area contributed by atoms with E-state index in [4.69, 9.17) is 9.47 Å². The van der Waals surface area contributed by atoms with Crippen molar-refractivity contribution in [2.75, 3.05) is 20.2 Å². The summed E-state index contributed by atoms with van der Waals surface area (Å²) in [6.45, 7) is 3.59. The number of carbonyl (C=O) groups is 3. The van der Waals surface area contributed by atoms with Gasteiger partial charge in [-0.05, 0) is 25.5 Å². The summed E-state index contributed by atoms with van der Waals surface area (Å²) >= 11 is 0. The fourth-order valence-electron chi connectivity index (χ4n) is 1.76. The average Bonchev–Trinajstić information content (AvgIpc) is 2.57. The normalized spacial score (nSPS) is 11.3. The van der Waals surface area contributed by atoms with Gasteiger partial charge in [0.05, 0.1) is 12.7 Å². The standard InChI is InChI=1S/C16H22N2O5/c1-4-9-17-15(20)11(2)23-14(19)10-18-16(21)12-7-5-6-8-13(12)22-3/h5-8,11H,4,9-10H2,1-3H3,(H,17,20)(H,18,21)/t11-/m0/s1. The minimum absolute atomic E-state index is 0.316. The molecule has 1 aromatic carbocycles. The fourth-order valence-corrected chi connectivity index (χ4v) is 1.76. The van der Waals surface area contributed by atoms with E-state index in [1.807, 2.05) is 6.92 Å². The summed E-state index contributed by atoms with van der Waals surface area (Å²) < 4.78 is 10.0. The molecule has 0 aliphatic heterocycles. The van der Waals surface area contributed by atoms with E-state index in [0.717, 1.165) is 6.42 Å². The molecule has 2 N–H and O–H groups in total. The van der Waals surface area contributed by atoms with Crippen LogP contribution in [0.4, 0.5) is 0 Å². The van der Waals surface area contributed by atoms with Crippen LogP contribution in [-0.2, 0) is 14.3 Å². The minimum atomic E-state index is -0.905. The number of carbonyl (C=O) groups excluding carboxylic acids is 3. The number of rotatable bonds is 8. The predicted molar refractivity (Wildman–Crippen MR) is 84.2 cm³/mol. The first-order valence-corrected chi connectivity index (χ1v) is 7.38. The lowest BCUT2D eigenvalue weighted by atomic mass is 10.2. The Hall–Kier alpha value is -2.57. The van der Waals surface area contributed by atoms with Crippen LogP contribution in [-0.4, -0.2) is 44.1 Å². The van der Waals surface area contributed by atoms with E-state index in [2.05, 4.69) is 10.6 Å². The summed E-state index contributed by atoms with van der Waals surface area (Å²) in [5.74, 6) is -1.10. The quantitative estimate of drug-likeness (QED) is 0.693. The van der Waals surface area contributed by atoms with Gasteiger partial charge in [0, 0.05) is 6.54 Å². The van der Waals surface area contributed by atoms with Crippen molar-refractivity contribution in [1.29, 1.82) is 0 Å². The number of hydrogen-bond donors (Lipinski definition) is 2. The Bertz CT molecular complexity index is 559. The third kappa shape index (κ3) is 5.98. The number of ether oxygens (including phenoxy) is 2. The van der Waals surface area contributed by atoms with Crippen LogP contribution < -0.4 is 15.4 Å². The second-order valence-corrected chi connectivity index (χ2v) is 4.81. The topological polar surface area (TPSA) is 93.7 Å². The first-order valence-electron chi connectivity index (χ1n) is 7.38. The molecule has 23 heavy (non-hydrogen) atoms. The fraction of sp³-hybridized carbons (Fsp3) is 0.438. The average molecular weight is 322 g/mol. The molecule has 0 radical (unpaired) electrons. The Morgan fingerprint density at radius 3 is 2.52 bits per heavy atom. The number of esters is 1. The van der Waals surface area contributed by atoms with Gasteiger partial charge in [-0.25, -0.2) is 0 Å². The van der Waals surface area contributed by atoms with Crippen molar-refractivity contribution in [3.8, 4) is 5.75 Å². The molecule has 0 fully saturated rings. The molecule has 1 atom stereocenters. The molecule has 0 spiro atoms. The smallest absolute Gasteiger partial charge is 0.326 e. The van der Waals surface area contributed by atoms with Crippen molar-refractivity contribution in [1.82, 2.24) is 10.6 Å². The Kier molecular flexibility index (Phi) is 7.59. The molecule has 126 valence electrons. The van der Waals surface area contributed by atoms with Crippen molar-refractivity contribution >= 4 is 17.8 Å². The summed E-state index contributed by atoms with van der Waals surface area (Å²) in [4.78, 5) is 35.3. The van der Waals surface area contributed by atoms with E-state index >= 15 is 0 Å². The summed E-state index contributed by atoms with van der Waals surface area (Å²) in [6, 6.07) is 6.66. The van der Waals surface area contributed by atoms with E-state index in [-0.39, 0.29) is 12.5 Å². The summed E-state index contributed by atoms with van der Waals surface area (Å²) in [5, 5.41) is 5.06. The van der Waals surface area contributed by atoms with Gasteiger partial charge in [-0.2, -0.15) is 0 Å². The van der Waals surface area contributed by atoms with Gasteiger partial charge in [-0.3, -0.25) is 14.4 Å². The van der Waals surface area contributed by atoms with Crippen LogP contribution in [0.2, 0.25) is 0 Å². The first kappa shape index (κ1) is 18.5. The Balaban J connectivity index is 2.46. The molecule has 1 aromatic rings. The molecule has 0 aliphatic carbocycles. The zero-order chi connectivity index (χ0) is 17.2. The molecule has 7 nitrogen and oxygen atoms in total. The first-order chi connectivity index (χ1) is 11.0. The third-order valence-corrected chi connectivity index (χ3v) is 2.97. The maximum absolute atomic E-state index is 12.0. The van der Waals surface area contributed by atoms with Crippen molar-refractivity contribution in [3.05, 3.63) is 29.8 Å². The maximum Gasteiger partial charge on any atom is 0.326 e. The van der Waals surface area contributed by atoms with Gasteiger partial charge in [0.15, 0.2) is 6.10 Å². The van der Waals surface area contributed by atoms with Gasteiger partial charge in [0.25, 0.3) is 11.8 Å². The van der Waals surface area contributed by atoms with Crippen LogP contribution in [0.1, 0.15) is 30.6 Å². The molecule has 2 amide bonds. The number of benzene rings is 1. The molecule has 0 aliphatic rings. The molecular weight excluding hydrogens is 300 g/mol. The molecule has 0 saturated heterocycles. The zero-order valence-corrected chi connectivity index (χ0v) is 13.5. The van der Waals surface area contributed by atoms with Gasteiger partial charge >= 0.3 is 5.97 Å². The maximum atomic E-state index is 12.0. The Morgan fingerprint density at radius 1 is 1.17 bits per heavy atom. The Morgan fingerprint density at radius 2 is 1.87 bits per heavy atom. The van der Waals surface area contributed by atoms with Crippen LogP contribution in [0.15, 0.2) is 24.3 Å². The van der Waals surface area contributed by atoms with Gasteiger partial charge < -0.3 is 20.1 Å². The largest absolute Gasteiger partial charge is 0.496 e. The van der Waals surface area contributed by atoms with E-state index < -0.39 is 18.0 Å². The minimum Gasteiger partial charge on any atom is -0.496 e. The van der Waals surface area contributed by atoms with Crippen LogP contribution in [0.25, 0.3) is 0 Å². The highest BCUT2D eigenvalue weighted by molar-refractivity contribution is 5.98. The van der Waals surface area contributed by atoms with Crippen LogP contribution in [0.5, 0.6) is 5.75 Å². The van der Waals surface area contributed by atoms with Crippen molar-refractivity contribution in [2.45, 2.75) is 26.4 Å². The molecule has 0 saturated carbocycles. The molecule has 0 heterocycles. The van der Waals surface area contributed by atoms with Gasteiger partial charge in [-0.15, -0.1) is 0 Å². The highest BCUT2D eigenvalue weighted by Crippen LogP contribution is 2.16. The second-order valence-electron chi connectivity index (χ2n) is 4.81. The van der Waals surface area contributed by atoms with Crippen molar-refractivity contribution in [2.24, 2.45) is 0 Å². The SMILES string of the molecule is CCCNC(=O)[C@H](C)OC(=O)CNC(=O)c1ccccc1OC. The van der Waals surface area contributed by atoms with Crippen LogP contribution >= 0.6 is 0 Å². The number of hydrogen-bond acceptors (Lipinski definition) is 5. The molecule has 0 aromatic heterocycles. The van der Waals surface area contributed by atoms with Gasteiger partial charge in [-0.1, -0.05) is 19.1 Å². The summed E-state index contributed by atoms with van der Waals surface area (Å²) in [6.07, 6.45) is -0.112. The predicted octanol–water partition coefficient (Wildman–Crippen LogP) is 0.883. The van der Waals surface area contributed by atoms with Crippen LogP contribution in [0, 0.1) is 0 Å². The third-order valence-electron chi connectivity index (χ3n) is 2.97. The summed E-state index contributed by atoms with van der Waals surface area (Å²) in [5.41, 5.74) is 0.316. The number of amides is 2. The molecule has 0 bridgehead atoms. The van der Waals surface area contributed by atoms with E-state index in [0.29, 0.717) is 17.9 Å². The molecule has 7 heteroatoms. The van der Waals surface area contributed by atoms with E-state index in [1.165, 1.54) is 14.0 Å². The lowest BCUT2D eigenvalue weighted by Crippen LogP contribution is -2.39. The monoisotopic (exact) mass is 322 g/mol. The van der Waals surface area contributed by atoms with E-state index in [1.54, 1.807) is 24.3 Å². The molecule has 1 rings (SSSR count). The number of methoxy groups -OCH3 is 1. The lowest BCUT2D eigenvalue weighted by molar-refractivity contribution is -0.153. The summed E-state index contributed by atoms with van der Waals surface area (Å²) in [7, 11) is 1.46. The van der Waals surface area contributed by atoms with Crippen molar-refractivity contribution in [3.63, 3.8) is 0 Å². The lowest BCUT2D eigenvalue weighted by Gasteiger charge is -2.13. The van der Waals surface area contributed by atoms with Gasteiger partial charge in [0.1, 0.15) is 12.3 Å². The van der Waals surface area contributed by atoms with E-state index in [9.17, 15) is 14.4 Å². The Labute approximate surface area is 135 Å². The van der Waals surface area contributed by atoms with Crippen LogP contribution in [0.3, 0.4) is 0 Å². The second kappa shape index (κ2) is 9.45. The number of nitrogens with one attached hydrogen (secondary N) is 2. The molecule has 0 unspecified atom stereocenters. The zero-order valence-electron chi connectivity index (χ0n) is 13.5. The van der Waals surface area contributed by atoms with Crippen molar-refractivity contribution < 1.29 is 23.9 Å². The van der Waals surface area contributed by atoms with Gasteiger partial charge in [0.2, 0.25) is 0 Å². The highest BCUT2D eigenvalue weighted by Gasteiger charge is 2.18. The number of para-hydroxylation sites is 1. The molecular formula is C16H22N2O5. The highest BCUT2D eigenvalue weighted by atomic mass is 16.5.